The van der Waals surface area contributed by atoms with E-state index in [-0.39, 0.29) is 6.61 Å². The summed E-state index contributed by atoms with van der Waals surface area (Å²) in [6.07, 6.45) is -0.561. The lowest BCUT2D eigenvalue weighted by Crippen LogP contribution is -2.49. The van der Waals surface area contributed by atoms with E-state index < -0.39 is 17.0 Å². The van der Waals surface area contributed by atoms with E-state index in [9.17, 15) is 9.32 Å². The van der Waals surface area contributed by atoms with Crippen LogP contribution in [0.4, 0.5) is 11.4 Å². The Morgan fingerprint density at radius 3 is 2.39 bits per heavy atom. The van der Waals surface area contributed by atoms with Crippen LogP contribution in [-0.4, -0.2) is 62.6 Å². The fourth-order valence-corrected chi connectivity index (χ4v) is 3.47. The summed E-state index contributed by atoms with van der Waals surface area (Å²) in [5.41, 5.74) is 1.79. The Bertz CT molecular complexity index is 802. The van der Waals surface area contributed by atoms with Crippen molar-refractivity contribution in [1.82, 2.24) is 4.90 Å². The molecule has 1 atom stereocenters. The zero-order valence-corrected chi connectivity index (χ0v) is 16.8. The van der Waals surface area contributed by atoms with Gasteiger partial charge in [-0.2, -0.15) is 0 Å². The number of ether oxygens (including phenoxy) is 1. The van der Waals surface area contributed by atoms with Crippen LogP contribution in [-0.2, 0) is 19.3 Å². The summed E-state index contributed by atoms with van der Waals surface area (Å²) in [4.78, 5) is 4.62. The van der Waals surface area contributed by atoms with Crippen LogP contribution < -0.4 is 9.64 Å². The predicted molar refractivity (Wildman–Crippen MR) is 110 cm³/mol. The number of hydrogen-bond acceptors (Lipinski definition) is 8. The molecule has 1 unspecified atom stereocenters. The molecule has 1 N–H and O–H groups in total. The van der Waals surface area contributed by atoms with E-state index in [0.29, 0.717) is 18.0 Å². The van der Waals surface area contributed by atoms with Gasteiger partial charge in [0.25, 0.3) is 0 Å². The number of aliphatic hydroxyl groups excluding tert-OH is 1. The monoisotopic (exact) mass is 404 g/mol. The molecule has 0 aromatic heterocycles. The summed E-state index contributed by atoms with van der Waals surface area (Å²) in [5, 5.41) is 10.3. The van der Waals surface area contributed by atoms with Crippen molar-refractivity contribution in [2.24, 2.45) is 4.36 Å². The highest BCUT2D eigenvalue weighted by Gasteiger charge is 2.19. The number of hydrogen-bond donors (Lipinski definition) is 1. The summed E-state index contributed by atoms with van der Waals surface area (Å²) in [6, 6.07) is 17.3. The van der Waals surface area contributed by atoms with Gasteiger partial charge in [-0.05, 0) is 36.4 Å². The fraction of sp³-hybridized carbons (Fsp3) is 0.400. The molecule has 7 nitrogen and oxygen atoms in total. The third-order valence-corrected chi connectivity index (χ3v) is 5.21. The molecule has 1 aliphatic rings. The zero-order valence-electron chi connectivity index (χ0n) is 15.9. The van der Waals surface area contributed by atoms with Gasteiger partial charge in [0.05, 0.1) is 0 Å². The summed E-state index contributed by atoms with van der Waals surface area (Å²) in [7, 11) is -0.346. The third-order valence-electron chi connectivity index (χ3n) is 4.56. The van der Waals surface area contributed by atoms with Crippen molar-refractivity contribution < 1.29 is 18.2 Å². The molecule has 3 rings (SSSR count). The van der Waals surface area contributed by atoms with Gasteiger partial charge in [0.2, 0.25) is 0 Å². The van der Waals surface area contributed by atoms with Gasteiger partial charge in [-0.25, -0.2) is 0 Å². The molecule has 8 heteroatoms. The summed E-state index contributed by atoms with van der Waals surface area (Å²) in [5.74, 6) is 0.634. The van der Waals surface area contributed by atoms with Gasteiger partial charge >= 0.3 is 0 Å². The Labute approximate surface area is 167 Å². The van der Waals surface area contributed by atoms with Crippen LogP contribution in [0.1, 0.15) is 0 Å². The highest BCUT2D eigenvalue weighted by Crippen LogP contribution is 2.19. The molecule has 0 amide bonds. The number of aliphatic hydroxyl groups is 1. The first kappa shape index (κ1) is 20.6. The third kappa shape index (κ3) is 6.20. The van der Waals surface area contributed by atoms with Crippen LogP contribution in [0.5, 0.6) is 5.75 Å². The van der Waals surface area contributed by atoms with E-state index >= 15 is 0 Å². The van der Waals surface area contributed by atoms with Gasteiger partial charge < -0.3 is 27.5 Å². The summed E-state index contributed by atoms with van der Waals surface area (Å²) >= 11 is 0. The van der Waals surface area contributed by atoms with Crippen molar-refractivity contribution in [3.05, 3.63) is 54.6 Å². The fourth-order valence-electron chi connectivity index (χ4n) is 3.10. The Morgan fingerprint density at radius 2 is 1.75 bits per heavy atom. The lowest BCUT2D eigenvalue weighted by Gasteiger charge is -2.36. The Balaban J connectivity index is 1.40. The normalized spacial score (nSPS) is 17.4. The lowest BCUT2D eigenvalue weighted by atomic mass is 10.2. The second kappa shape index (κ2) is 10.4. The first-order valence-corrected chi connectivity index (χ1v) is 10.3. The second-order valence-electron chi connectivity index (χ2n) is 6.56. The molecular formula is C20H26N3O4S-. The standard InChI is InChI=1S/C20H26N3O4S/c1-26-28(25)21-17-7-9-20(10-8-17)27-16-19(24)15-22-11-13-23(14-12-22)18-5-3-2-4-6-18/h2-10,19,24H,11-16H2,1H3/q-1. The molecule has 1 fully saturated rings. The first-order chi connectivity index (χ1) is 13.6. The van der Waals surface area contributed by atoms with Crippen molar-refractivity contribution in [1.29, 1.82) is 0 Å². The van der Waals surface area contributed by atoms with Crippen molar-refractivity contribution in [3.8, 4) is 5.75 Å². The van der Waals surface area contributed by atoms with Gasteiger partial charge in [0.1, 0.15) is 18.5 Å². The van der Waals surface area contributed by atoms with Gasteiger partial charge in [-0.1, -0.05) is 29.1 Å². The Hall–Kier alpha value is -2.13. The van der Waals surface area contributed by atoms with Crippen LogP contribution in [0.2, 0.25) is 0 Å². The minimum absolute atomic E-state index is 0.222. The molecule has 0 saturated carbocycles. The number of benzene rings is 2. The average molecular weight is 405 g/mol. The molecule has 0 radical (unpaired) electrons. The number of rotatable bonds is 8. The minimum Gasteiger partial charge on any atom is -0.491 e. The van der Waals surface area contributed by atoms with Gasteiger partial charge in [0.15, 0.2) is 0 Å². The van der Waals surface area contributed by atoms with Crippen LogP contribution in [0, 0.1) is 0 Å². The number of anilines is 1. The number of para-hydroxylation sites is 1. The van der Waals surface area contributed by atoms with E-state index in [1.165, 1.54) is 12.8 Å². The quantitative estimate of drug-likeness (QED) is 0.682. The molecule has 0 spiro atoms. The highest BCUT2D eigenvalue weighted by molar-refractivity contribution is 7.69. The molecule has 1 saturated heterocycles. The topological polar surface area (TPSA) is 74.6 Å². The van der Waals surface area contributed by atoms with E-state index in [4.69, 9.17) is 4.74 Å². The molecule has 152 valence electrons. The van der Waals surface area contributed by atoms with Crippen molar-refractivity contribution in [2.45, 2.75) is 6.10 Å². The SMILES string of the molecule is CO[S-](=O)=Nc1ccc(OCC(O)CN2CCN(c3ccccc3)CC2)cc1. The molecule has 2 aromatic carbocycles. The number of β-amino-alcohol motifs (C(OH)–C–C–N with tert-alkyl or cyclic N) is 1. The lowest BCUT2D eigenvalue weighted by molar-refractivity contribution is 0.0663. The molecule has 1 heterocycles. The highest BCUT2D eigenvalue weighted by atomic mass is 32.2. The summed E-state index contributed by atoms with van der Waals surface area (Å²) < 4.78 is 25.3. The average Bonchev–Trinajstić information content (AvgIpc) is 2.74. The van der Waals surface area contributed by atoms with Crippen LogP contribution >= 0.6 is 0 Å². The van der Waals surface area contributed by atoms with Crippen molar-refractivity contribution in [3.63, 3.8) is 0 Å². The van der Waals surface area contributed by atoms with E-state index in [1.54, 1.807) is 24.3 Å². The van der Waals surface area contributed by atoms with Gasteiger partial charge in [-0.3, -0.25) is 4.90 Å². The number of piperazine rings is 1. The Morgan fingerprint density at radius 1 is 1.07 bits per heavy atom. The molecular weight excluding hydrogens is 378 g/mol. The van der Waals surface area contributed by atoms with Crippen LogP contribution in [0.25, 0.3) is 0 Å². The van der Waals surface area contributed by atoms with Crippen molar-refractivity contribution in [2.75, 3.05) is 51.3 Å². The van der Waals surface area contributed by atoms with Crippen molar-refractivity contribution >= 4 is 22.3 Å². The molecule has 2 aromatic rings. The molecule has 0 aliphatic carbocycles. The van der Waals surface area contributed by atoms with Crippen LogP contribution in [0.3, 0.4) is 0 Å². The smallest absolute Gasteiger partial charge is 0.119 e. The summed E-state index contributed by atoms with van der Waals surface area (Å²) in [6.45, 7) is 4.54. The van der Waals surface area contributed by atoms with Gasteiger partial charge in [0, 0.05) is 51.2 Å². The van der Waals surface area contributed by atoms with Crippen LogP contribution in [0.15, 0.2) is 59.0 Å². The molecule has 28 heavy (non-hydrogen) atoms. The Kier molecular flexibility index (Phi) is 7.67. The second-order valence-corrected chi connectivity index (χ2v) is 7.51. The minimum atomic E-state index is -1.68. The molecule has 1 aliphatic heterocycles. The molecule has 0 bridgehead atoms. The van der Waals surface area contributed by atoms with E-state index in [2.05, 4.69) is 42.6 Å². The first-order valence-electron chi connectivity index (χ1n) is 9.25. The maximum Gasteiger partial charge on any atom is 0.119 e. The zero-order chi connectivity index (χ0) is 19.8. The maximum atomic E-state index is 11.2. The predicted octanol–water partition coefficient (Wildman–Crippen LogP) is 2.59. The number of nitrogens with zero attached hydrogens (tertiary/aromatic N) is 3. The van der Waals surface area contributed by atoms with Gasteiger partial charge in [-0.15, -0.1) is 0 Å². The van der Waals surface area contributed by atoms with E-state index in [0.717, 1.165) is 26.2 Å². The van der Waals surface area contributed by atoms with E-state index in [1.807, 2.05) is 6.07 Å². The largest absolute Gasteiger partial charge is 0.491 e. The maximum absolute atomic E-state index is 11.2.